The molecule has 1 aromatic heterocycles. The minimum absolute atomic E-state index is 0.0357. The number of thiazole rings is 1. The lowest BCUT2D eigenvalue weighted by Crippen LogP contribution is -2.37. The fourth-order valence-electron chi connectivity index (χ4n) is 4.93. The van der Waals surface area contributed by atoms with Gasteiger partial charge < -0.3 is 4.74 Å². The average molecular weight is 528 g/mol. The van der Waals surface area contributed by atoms with Gasteiger partial charge in [-0.05, 0) is 81.0 Å². The Balaban J connectivity index is 1.44. The first-order valence-corrected chi connectivity index (χ1v) is 15.0. The number of nitrogens with zero attached hydrogens (tertiary/aromatic N) is 3. The van der Waals surface area contributed by atoms with E-state index in [-0.39, 0.29) is 16.9 Å². The summed E-state index contributed by atoms with van der Waals surface area (Å²) in [5.74, 6) is -0.197. The van der Waals surface area contributed by atoms with Gasteiger partial charge in [-0.15, -0.1) is 0 Å². The lowest BCUT2D eigenvalue weighted by Gasteiger charge is -2.23. The third-order valence-corrected chi connectivity index (χ3v) is 10.2. The second kappa shape index (κ2) is 10.6. The summed E-state index contributed by atoms with van der Waals surface area (Å²) in [6.07, 6.45) is 5.74. The van der Waals surface area contributed by atoms with E-state index in [1.165, 1.54) is 11.3 Å². The maximum atomic E-state index is 13.7. The van der Waals surface area contributed by atoms with Crippen molar-refractivity contribution in [2.75, 3.05) is 31.1 Å². The Morgan fingerprint density at radius 3 is 2.44 bits per heavy atom. The van der Waals surface area contributed by atoms with Crippen molar-refractivity contribution in [2.45, 2.75) is 63.4 Å². The van der Waals surface area contributed by atoms with Gasteiger partial charge in [0, 0.05) is 25.3 Å². The first kappa shape index (κ1) is 25.3. The molecule has 192 valence electrons. The molecular weight excluding hydrogens is 494 g/mol. The lowest BCUT2D eigenvalue weighted by molar-refractivity contribution is 0.0917. The molecule has 7 nitrogen and oxygen atoms in total. The van der Waals surface area contributed by atoms with E-state index in [4.69, 9.17) is 9.72 Å². The Morgan fingerprint density at radius 2 is 1.78 bits per heavy atom. The summed E-state index contributed by atoms with van der Waals surface area (Å²) < 4.78 is 34.8. The third kappa shape index (κ3) is 5.07. The summed E-state index contributed by atoms with van der Waals surface area (Å²) >= 11 is 1.50. The highest BCUT2D eigenvalue weighted by Crippen LogP contribution is 2.33. The molecule has 9 heteroatoms. The van der Waals surface area contributed by atoms with Crippen LogP contribution in [-0.4, -0.2) is 56.0 Å². The van der Waals surface area contributed by atoms with Gasteiger partial charge in [-0.1, -0.05) is 30.2 Å². The van der Waals surface area contributed by atoms with Crippen molar-refractivity contribution in [2.24, 2.45) is 0 Å². The topological polar surface area (TPSA) is 79.8 Å². The van der Waals surface area contributed by atoms with Crippen molar-refractivity contribution < 1.29 is 17.9 Å². The number of aromatic nitrogens is 1. The second-order valence-corrected chi connectivity index (χ2v) is 12.7. The van der Waals surface area contributed by atoms with Crippen LogP contribution in [0.15, 0.2) is 41.3 Å². The second-order valence-electron chi connectivity index (χ2n) is 9.74. The Hall–Kier alpha value is -2.33. The molecule has 0 aliphatic carbocycles. The summed E-state index contributed by atoms with van der Waals surface area (Å²) in [6, 6.07) is 10.5. The SMILES string of the molecule is Cc1ccc2sc(N(CC3CCCO3)C(=O)c3ccc(S(=O)(=O)N4CCCCCC4)cc3)nc2c1C. The molecule has 0 bridgehead atoms. The predicted octanol–water partition coefficient (Wildman–Crippen LogP) is 5.30. The highest BCUT2D eigenvalue weighted by atomic mass is 32.2. The van der Waals surface area contributed by atoms with Gasteiger partial charge in [0.1, 0.15) is 0 Å². The Morgan fingerprint density at radius 1 is 1.06 bits per heavy atom. The van der Waals surface area contributed by atoms with Crippen LogP contribution in [0.25, 0.3) is 10.2 Å². The quantitative estimate of drug-likeness (QED) is 0.434. The van der Waals surface area contributed by atoms with E-state index < -0.39 is 10.0 Å². The predicted molar refractivity (Wildman–Crippen MR) is 143 cm³/mol. The summed E-state index contributed by atoms with van der Waals surface area (Å²) in [4.78, 5) is 20.5. The molecule has 3 heterocycles. The van der Waals surface area contributed by atoms with Gasteiger partial charge >= 0.3 is 0 Å². The zero-order chi connectivity index (χ0) is 25.3. The van der Waals surface area contributed by atoms with Crippen LogP contribution in [0.1, 0.15) is 60.0 Å². The fraction of sp³-hybridized carbons (Fsp3) is 0.481. The maximum absolute atomic E-state index is 13.7. The Kier molecular flexibility index (Phi) is 7.44. The molecule has 0 spiro atoms. The van der Waals surface area contributed by atoms with E-state index in [1.807, 2.05) is 0 Å². The van der Waals surface area contributed by atoms with Crippen LogP contribution in [0.4, 0.5) is 5.13 Å². The number of aryl methyl sites for hydroxylation is 2. The van der Waals surface area contributed by atoms with Crippen molar-refractivity contribution in [3.05, 3.63) is 53.1 Å². The molecule has 2 aromatic carbocycles. The summed E-state index contributed by atoms with van der Waals surface area (Å²) in [5.41, 5.74) is 3.63. The molecule has 36 heavy (non-hydrogen) atoms. The molecule has 1 amide bonds. The van der Waals surface area contributed by atoms with Crippen LogP contribution in [0.5, 0.6) is 0 Å². The molecular formula is C27H33N3O4S2. The van der Waals surface area contributed by atoms with Crippen molar-refractivity contribution in [1.82, 2.24) is 9.29 Å². The Bertz CT molecular complexity index is 1340. The lowest BCUT2D eigenvalue weighted by atomic mass is 10.1. The van der Waals surface area contributed by atoms with Crippen molar-refractivity contribution in [3.8, 4) is 0 Å². The standard InChI is InChI=1S/C27H33N3O4S2/c1-19-9-14-24-25(20(19)2)28-27(35-24)30(18-22-8-7-17-34-22)26(31)21-10-12-23(13-11-21)36(32,33)29-15-5-3-4-6-16-29/h9-14,22H,3-8,15-18H2,1-2H3. The molecule has 1 atom stereocenters. The third-order valence-electron chi connectivity index (χ3n) is 7.26. The van der Waals surface area contributed by atoms with Gasteiger partial charge in [0.25, 0.3) is 5.91 Å². The van der Waals surface area contributed by atoms with Gasteiger partial charge in [-0.3, -0.25) is 9.69 Å². The van der Waals surface area contributed by atoms with Crippen LogP contribution in [0, 0.1) is 13.8 Å². The number of amides is 1. The van der Waals surface area contributed by atoms with Crippen LogP contribution >= 0.6 is 11.3 Å². The van der Waals surface area contributed by atoms with Crippen molar-refractivity contribution in [3.63, 3.8) is 0 Å². The van der Waals surface area contributed by atoms with Gasteiger partial charge in [0.05, 0.1) is 27.8 Å². The van der Waals surface area contributed by atoms with Gasteiger partial charge in [-0.25, -0.2) is 13.4 Å². The molecule has 2 saturated heterocycles. The summed E-state index contributed by atoms with van der Waals surface area (Å²) in [6.45, 7) is 6.34. The number of rotatable bonds is 6. The molecule has 2 aliphatic rings. The number of hydrogen-bond donors (Lipinski definition) is 0. The zero-order valence-corrected chi connectivity index (χ0v) is 22.5. The van der Waals surface area contributed by atoms with E-state index in [1.54, 1.807) is 33.5 Å². The Labute approximate surface area is 217 Å². The number of fused-ring (bicyclic) bond motifs is 1. The average Bonchev–Trinajstić information content (AvgIpc) is 3.47. The molecule has 1 unspecified atom stereocenters. The van der Waals surface area contributed by atoms with Crippen LogP contribution in [-0.2, 0) is 14.8 Å². The summed E-state index contributed by atoms with van der Waals surface area (Å²) in [7, 11) is -3.57. The number of carbonyl (C=O) groups is 1. The molecule has 2 aliphatic heterocycles. The van der Waals surface area contributed by atoms with Crippen molar-refractivity contribution >= 4 is 42.6 Å². The molecule has 0 saturated carbocycles. The first-order valence-electron chi connectivity index (χ1n) is 12.7. The minimum atomic E-state index is -3.57. The minimum Gasteiger partial charge on any atom is -0.376 e. The van der Waals surface area contributed by atoms with Gasteiger partial charge in [0.15, 0.2) is 5.13 Å². The number of ether oxygens (including phenoxy) is 1. The largest absolute Gasteiger partial charge is 0.376 e. The number of hydrogen-bond acceptors (Lipinski definition) is 6. The van der Waals surface area contributed by atoms with E-state index in [0.717, 1.165) is 59.9 Å². The smallest absolute Gasteiger partial charge is 0.260 e. The molecule has 0 N–H and O–H groups in total. The van der Waals surface area contributed by atoms with Crippen LogP contribution in [0.2, 0.25) is 0 Å². The van der Waals surface area contributed by atoms with E-state index >= 15 is 0 Å². The summed E-state index contributed by atoms with van der Waals surface area (Å²) in [5, 5.41) is 0.639. The molecule has 5 rings (SSSR count). The van der Waals surface area contributed by atoms with Gasteiger partial charge in [-0.2, -0.15) is 4.31 Å². The highest BCUT2D eigenvalue weighted by molar-refractivity contribution is 7.89. The number of anilines is 1. The van der Waals surface area contributed by atoms with Crippen molar-refractivity contribution in [1.29, 1.82) is 0 Å². The van der Waals surface area contributed by atoms with Crippen LogP contribution in [0.3, 0.4) is 0 Å². The van der Waals surface area contributed by atoms with E-state index in [2.05, 4.69) is 26.0 Å². The number of sulfonamides is 1. The maximum Gasteiger partial charge on any atom is 0.260 e. The molecule has 2 fully saturated rings. The molecule has 0 radical (unpaired) electrons. The van der Waals surface area contributed by atoms with Gasteiger partial charge in [0.2, 0.25) is 10.0 Å². The highest BCUT2D eigenvalue weighted by Gasteiger charge is 2.29. The first-order chi connectivity index (χ1) is 17.3. The number of carbonyl (C=O) groups excluding carboxylic acids is 1. The fourth-order valence-corrected chi connectivity index (χ4v) is 7.48. The monoisotopic (exact) mass is 527 g/mol. The molecule has 3 aromatic rings. The number of benzene rings is 2. The van der Waals surface area contributed by atoms with Crippen LogP contribution < -0.4 is 4.90 Å². The van der Waals surface area contributed by atoms with E-state index in [9.17, 15) is 13.2 Å². The van der Waals surface area contributed by atoms with E-state index in [0.29, 0.717) is 36.9 Å². The normalized spacial score (nSPS) is 19.4. The zero-order valence-electron chi connectivity index (χ0n) is 20.9.